The summed E-state index contributed by atoms with van der Waals surface area (Å²) in [4.78, 5) is 15.3. The molecule has 1 aliphatic heterocycles. The van der Waals surface area contributed by atoms with Crippen LogP contribution in [0.25, 0.3) is 0 Å². The van der Waals surface area contributed by atoms with E-state index in [4.69, 9.17) is 4.74 Å². The molecule has 8 heteroatoms. The number of carbonyl (C=O) groups excluding carboxylic acids is 1. The van der Waals surface area contributed by atoms with E-state index in [9.17, 15) is 17.8 Å². The Bertz CT molecular complexity index is 916. The maximum atomic E-state index is 12.3. The predicted molar refractivity (Wildman–Crippen MR) is 113 cm³/mol. The van der Waals surface area contributed by atoms with E-state index in [0.717, 1.165) is 30.7 Å². The molecule has 1 aromatic rings. The van der Waals surface area contributed by atoms with Crippen molar-refractivity contribution in [3.05, 3.63) is 47.8 Å². The molecule has 7 nitrogen and oxygen atoms in total. The van der Waals surface area contributed by atoms with Crippen molar-refractivity contribution in [1.29, 1.82) is 0 Å². The number of hydrogen-bond donors (Lipinski definition) is 1. The fraction of sp³-hybridized carbons (Fsp3) is 0.591. The molecule has 4 unspecified atom stereocenters. The number of esters is 1. The minimum Gasteiger partial charge on any atom is -0.465 e. The van der Waals surface area contributed by atoms with Crippen LogP contribution in [0.1, 0.15) is 60.9 Å². The van der Waals surface area contributed by atoms with E-state index >= 15 is 0 Å². The number of rotatable bonds is 5. The molecule has 0 bridgehead atoms. The van der Waals surface area contributed by atoms with Crippen LogP contribution in [0.15, 0.2) is 36.7 Å². The van der Waals surface area contributed by atoms with Crippen molar-refractivity contribution < 1.29 is 22.5 Å². The van der Waals surface area contributed by atoms with Crippen molar-refractivity contribution in [2.24, 2.45) is 11.8 Å². The number of methoxy groups -OCH3 is 1. The molecule has 3 aliphatic rings. The van der Waals surface area contributed by atoms with E-state index in [-0.39, 0.29) is 12.6 Å². The highest BCUT2D eigenvalue weighted by molar-refractivity contribution is 7.86. The van der Waals surface area contributed by atoms with Crippen molar-refractivity contribution in [1.82, 2.24) is 9.80 Å². The highest BCUT2D eigenvalue weighted by Crippen LogP contribution is 2.43. The highest BCUT2D eigenvalue weighted by Gasteiger charge is 2.43. The molecule has 2 fully saturated rings. The van der Waals surface area contributed by atoms with Crippen LogP contribution in [-0.2, 0) is 21.4 Å². The van der Waals surface area contributed by atoms with Crippen LogP contribution in [0.2, 0.25) is 0 Å². The van der Waals surface area contributed by atoms with Crippen molar-refractivity contribution in [3.8, 4) is 0 Å². The van der Waals surface area contributed by atoms with Crippen LogP contribution in [0.4, 0.5) is 0 Å². The molecule has 1 heterocycles. The van der Waals surface area contributed by atoms with Crippen LogP contribution in [0.5, 0.6) is 0 Å². The second kappa shape index (κ2) is 8.59. The molecule has 0 saturated heterocycles. The summed E-state index contributed by atoms with van der Waals surface area (Å²) < 4.78 is 39.5. The zero-order valence-electron chi connectivity index (χ0n) is 17.3. The lowest BCUT2D eigenvalue weighted by Gasteiger charge is -2.44. The number of carbonyl (C=O) groups is 1. The molecule has 0 radical (unpaired) electrons. The second-order valence-corrected chi connectivity index (χ2v) is 10.2. The third-order valence-electron chi connectivity index (χ3n) is 6.88. The van der Waals surface area contributed by atoms with Crippen LogP contribution < -0.4 is 0 Å². The highest BCUT2D eigenvalue weighted by atomic mass is 32.2. The quantitative estimate of drug-likeness (QED) is 0.560. The van der Waals surface area contributed by atoms with Crippen molar-refractivity contribution in [2.75, 3.05) is 7.11 Å². The average molecular weight is 435 g/mol. The van der Waals surface area contributed by atoms with E-state index < -0.39 is 21.6 Å². The maximum absolute atomic E-state index is 12.3. The monoisotopic (exact) mass is 434 g/mol. The molecule has 164 valence electrons. The molecule has 1 N–H and O–H groups in total. The smallest absolute Gasteiger partial charge is 0.337 e. The van der Waals surface area contributed by atoms with Gasteiger partial charge in [-0.3, -0.25) is 4.55 Å². The van der Waals surface area contributed by atoms with Gasteiger partial charge >= 0.3 is 16.1 Å². The third kappa shape index (κ3) is 4.34. The Morgan fingerprint density at radius 1 is 1.13 bits per heavy atom. The van der Waals surface area contributed by atoms with Gasteiger partial charge in [0.05, 0.1) is 12.7 Å². The number of nitrogens with zero attached hydrogens (tertiary/aromatic N) is 2. The zero-order valence-corrected chi connectivity index (χ0v) is 18.1. The summed E-state index contributed by atoms with van der Waals surface area (Å²) in [7, 11) is -3.01. The zero-order chi connectivity index (χ0) is 21.3. The molecule has 1 aromatic carbocycles. The predicted octanol–water partition coefficient (Wildman–Crippen LogP) is 3.59. The fourth-order valence-corrected chi connectivity index (χ4v) is 6.52. The Labute approximate surface area is 178 Å². The molecule has 4 atom stereocenters. The molecule has 2 saturated carbocycles. The minimum absolute atomic E-state index is 0.110. The average Bonchev–Trinajstić information content (AvgIpc) is 3.17. The fourth-order valence-electron chi connectivity index (χ4n) is 5.48. The van der Waals surface area contributed by atoms with E-state index in [1.54, 1.807) is 35.5 Å². The molecule has 2 aliphatic carbocycles. The number of ether oxygens (including phenoxy) is 1. The van der Waals surface area contributed by atoms with Crippen LogP contribution >= 0.6 is 0 Å². The van der Waals surface area contributed by atoms with Gasteiger partial charge in [0, 0.05) is 25.0 Å². The van der Waals surface area contributed by atoms with Gasteiger partial charge in [-0.15, -0.1) is 0 Å². The summed E-state index contributed by atoms with van der Waals surface area (Å²) >= 11 is 0. The van der Waals surface area contributed by atoms with E-state index in [1.807, 2.05) is 11.0 Å². The van der Waals surface area contributed by atoms with Gasteiger partial charge in [0.15, 0.2) is 0 Å². The van der Waals surface area contributed by atoms with Gasteiger partial charge < -0.3 is 14.5 Å². The van der Waals surface area contributed by atoms with Gasteiger partial charge in [-0.25, -0.2) is 4.79 Å². The topological polar surface area (TPSA) is 87.2 Å². The molecule has 0 amide bonds. The maximum Gasteiger partial charge on any atom is 0.337 e. The second-order valence-electron chi connectivity index (χ2n) is 8.72. The Morgan fingerprint density at radius 2 is 1.90 bits per heavy atom. The van der Waals surface area contributed by atoms with E-state index in [2.05, 4.69) is 0 Å². The Balaban J connectivity index is 1.51. The summed E-state index contributed by atoms with van der Waals surface area (Å²) in [6, 6.07) is 7.03. The number of benzene rings is 1. The Morgan fingerprint density at radius 3 is 2.63 bits per heavy atom. The molecule has 30 heavy (non-hydrogen) atoms. The molecular formula is C22H30N2O5S. The standard InChI is InChI=1S/C22H30N2O5S/c1-29-21(25)19-8-4-5-16(13-19)15-23-11-12-24(22(23)30(26,27)28)20-10-9-17-6-2-3-7-18(17)14-20/h4-5,8,11-13,17-18,20,22H,2-3,6-7,9-10,14-15H2,1H3,(H,26,27,28). The van der Waals surface area contributed by atoms with Crippen molar-refractivity contribution in [3.63, 3.8) is 0 Å². The third-order valence-corrected chi connectivity index (χ3v) is 7.93. The first-order valence-electron chi connectivity index (χ1n) is 10.7. The SMILES string of the molecule is COC(=O)c1cccc(CN2C=CN(C3CCC4CCCCC4C3)C2S(=O)(=O)O)c1. The summed E-state index contributed by atoms with van der Waals surface area (Å²) in [6.07, 6.45) is 11.7. The van der Waals surface area contributed by atoms with Gasteiger partial charge in [-0.2, -0.15) is 8.42 Å². The first kappa shape index (κ1) is 21.2. The normalized spacial score (nSPS) is 29.0. The van der Waals surface area contributed by atoms with Crippen LogP contribution in [0, 0.1) is 11.8 Å². The molecule has 0 spiro atoms. The molecular weight excluding hydrogens is 404 g/mol. The summed E-state index contributed by atoms with van der Waals surface area (Å²) in [5, 5.41) is 0. The summed E-state index contributed by atoms with van der Waals surface area (Å²) in [5.41, 5.74) is 0.0486. The minimum atomic E-state index is -4.33. The van der Waals surface area contributed by atoms with E-state index in [0.29, 0.717) is 11.5 Å². The van der Waals surface area contributed by atoms with Gasteiger partial charge in [-0.05, 0) is 48.8 Å². The summed E-state index contributed by atoms with van der Waals surface area (Å²) in [5.74, 6) is 0.979. The Hall–Kier alpha value is -2.06. The first-order chi connectivity index (χ1) is 14.4. The summed E-state index contributed by atoms with van der Waals surface area (Å²) in [6.45, 7) is 0.265. The molecule has 0 aromatic heterocycles. The largest absolute Gasteiger partial charge is 0.465 e. The lowest BCUT2D eigenvalue weighted by molar-refractivity contribution is 0.0600. The van der Waals surface area contributed by atoms with Crippen molar-refractivity contribution >= 4 is 16.1 Å². The Kier molecular flexibility index (Phi) is 6.06. The van der Waals surface area contributed by atoms with Crippen LogP contribution in [-0.4, -0.2) is 47.4 Å². The molecule has 4 rings (SSSR count). The number of fused-ring (bicyclic) bond motifs is 1. The van der Waals surface area contributed by atoms with Gasteiger partial charge in [0.1, 0.15) is 0 Å². The van der Waals surface area contributed by atoms with Gasteiger partial charge in [0.25, 0.3) is 0 Å². The lowest BCUT2D eigenvalue weighted by atomic mass is 9.69. The van der Waals surface area contributed by atoms with Gasteiger partial charge in [0.2, 0.25) is 5.50 Å². The van der Waals surface area contributed by atoms with Crippen LogP contribution in [0.3, 0.4) is 0 Å². The lowest BCUT2D eigenvalue weighted by Crippen LogP contribution is -2.50. The van der Waals surface area contributed by atoms with Gasteiger partial charge in [-0.1, -0.05) is 37.8 Å². The van der Waals surface area contributed by atoms with E-state index in [1.165, 1.54) is 32.8 Å². The number of hydrogen-bond acceptors (Lipinski definition) is 6. The van der Waals surface area contributed by atoms with Crippen molar-refractivity contribution in [2.45, 2.75) is 63.0 Å². The first-order valence-corrected chi connectivity index (χ1v) is 12.2.